The van der Waals surface area contributed by atoms with Gasteiger partial charge in [-0.2, -0.15) is 0 Å². The van der Waals surface area contributed by atoms with Crippen LogP contribution in [0.5, 0.6) is 0 Å². The van der Waals surface area contributed by atoms with Crippen LogP contribution in [0.4, 0.5) is 0 Å². The molecule has 1 unspecified atom stereocenters. The van der Waals surface area contributed by atoms with Crippen molar-refractivity contribution in [3.63, 3.8) is 0 Å². The van der Waals surface area contributed by atoms with Gasteiger partial charge < -0.3 is 10.2 Å². The fourth-order valence-corrected chi connectivity index (χ4v) is 5.88. The Hall–Kier alpha value is -1.39. The summed E-state index contributed by atoms with van der Waals surface area (Å²) >= 11 is 0. The van der Waals surface area contributed by atoms with E-state index in [1.807, 2.05) is 0 Å². The van der Waals surface area contributed by atoms with E-state index in [0.29, 0.717) is 29.7 Å². The number of nitrogens with zero attached hydrogens (tertiary/aromatic N) is 2. The highest BCUT2D eigenvalue weighted by Crippen LogP contribution is 2.43. The topological polar surface area (TPSA) is 35.6 Å². The van der Waals surface area contributed by atoms with Crippen molar-refractivity contribution in [3.05, 3.63) is 35.9 Å². The molecule has 4 aliphatic rings. The Morgan fingerprint density at radius 1 is 0.963 bits per heavy atom. The Morgan fingerprint density at radius 2 is 1.63 bits per heavy atom. The molecule has 0 aromatic heterocycles. The molecule has 5 rings (SSSR count). The Balaban J connectivity index is 1.34. The summed E-state index contributed by atoms with van der Waals surface area (Å²) in [6, 6.07) is 11.9. The van der Waals surface area contributed by atoms with Crippen molar-refractivity contribution >= 4 is 5.91 Å². The van der Waals surface area contributed by atoms with Crippen molar-refractivity contribution in [2.45, 2.75) is 57.2 Å². The SMILES string of the molecule is O=C(C1CC1)N(Cc1ccccc1)C1[C@@H]2CC[C@H]1CN(C1CCNCC1)C2. The van der Waals surface area contributed by atoms with Gasteiger partial charge in [0.1, 0.15) is 0 Å². The fraction of sp³-hybridized carbons (Fsp3) is 0.696. The van der Waals surface area contributed by atoms with E-state index in [1.54, 1.807) is 0 Å². The highest BCUT2D eigenvalue weighted by molar-refractivity contribution is 5.81. The number of benzene rings is 1. The van der Waals surface area contributed by atoms with Crippen LogP contribution in [-0.2, 0) is 11.3 Å². The lowest BCUT2D eigenvalue weighted by Crippen LogP contribution is -2.57. The highest BCUT2D eigenvalue weighted by atomic mass is 16.2. The predicted molar refractivity (Wildman–Crippen MR) is 107 cm³/mol. The number of rotatable bonds is 5. The molecule has 1 aromatic rings. The summed E-state index contributed by atoms with van der Waals surface area (Å²) in [5.74, 6) is 2.10. The normalized spacial score (nSPS) is 31.8. The van der Waals surface area contributed by atoms with Crippen LogP contribution >= 0.6 is 0 Å². The monoisotopic (exact) mass is 367 g/mol. The quantitative estimate of drug-likeness (QED) is 0.869. The van der Waals surface area contributed by atoms with E-state index >= 15 is 0 Å². The van der Waals surface area contributed by atoms with Crippen LogP contribution in [0.2, 0.25) is 0 Å². The molecule has 2 aliphatic heterocycles. The summed E-state index contributed by atoms with van der Waals surface area (Å²) in [6.07, 6.45) is 7.40. The number of piperidine rings is 2. The minimum atomic E-state index is 0.315. The van der Waals surface area contributed by atoms with Crippen LogP contribution in [0.3, 0.4) is 0 Å². The number of carbonyl (C=O) groups excluding carboxylic acids is 1. The van der Waals surface area contributed by atoms with Crippen molar-refractivity contribution in [2.24, 2.45) is 17.8 Å². The number of likely N-dealkylation sites (tertiary alicyclic amines) is 1. The first-order chi connectivity index (χ1) is 13.3. The minimum Gasteiger partial charge on any atom is -0.334 e. The molecular formula is C23H33N3O. The smallest absolute Gasteiger partial charge is 0.226 e. The van der Waals surface area contributed by atoms with Gasteiger partial charge in [-0.05, 0) is 69.0 Å². The summed E-state index contributed by atoms with van der Waals surface area (Å²) in [5.41, 5.74) is 1.28. The molecule has 2 aliphatic carbocycles. The van der Waals surface area contributed by atoms with E-state index < -0.39 is 0 Å². The number of nitrogens with one attached hydrogen (secondary N) is 1. The van der Waals surface area contributed by atoms with Crippen molar-refractivity contribution in [1.82, 2.24) is 15.1 Å². The van der Waals surface area contributed by atoms with Crippen LogP contribution in [0.25, 0.3) is 0 Å². The average Bonchev–Trinajstić information content (AvgIpc) is 3.53. The maximum atomic E-state index is 13.2. The van der Waals surface area contributed by atoms with Crippen molar-refractivity contribution in [3.8, 4) is 0 Å². The Kier molecular flexibility index (Phi) is 4.95. The molecule has 2 heterocycles. The number of fused-ring (bicyclic) bond motifs is 2. The van der Waals surface area contributed by atoms with Crippen molar-refractivity contribution in [2.75, 3.05) is 26.2 Å². The molecule has 3 atom stereocenters. The van der Waals surface area contributed by atoms with Crippen LogP contribution < -0.4 is 5.32 Å². The fourth-order valence-electron chi connectivity index (χ4n) is 5.88. The van der Waals surface area contributed by atoms with E-state index in [2.05, 4.69) is 45.4 Å². The number of carbonyl (C=O) groups is 1. The molecule has 2 bridgehead atoms. The molecule has 27 heavy (non-hydrogen) atoms. The molecule has 146 valence electrons. The van der Waals surface area contributed by atoms with Gasteiger partial charge in [0.05, 0.1) is 0 Å². The summed E-state index contributed by atoms with van der Waals surface area (Å²) in [4.78, 5) is 18.3. The van der Waals surface area contributed by atoms with E-state index in [-0.39, 0.29) is 0 Å². The minimum absolute atomic E-state index is 0.315. The first kappa shape index (κ1) is 17.7. The molecule has 2 saturated heterocycles. The molecule has 0 radical (unpaired) electrons. The van der Waals surface area contributed by atoms with Crippen LogP contribution in [0.15, 0.2) is 30.3 Å². The second-order valence-electron chi connectivity index (χ2n) is 9.25. The van der Waals surface area contributed by atoms with Crippen molar-refractivity contribution in [1.29, 1.82) is 0 Å². The molecule has 2 saturated carbocycles. The van der Waals surface area contributed by atoms with Gasteiger partial charge in [0.2, 0.25) is 5.91 Å². The molecule has 4 nitrogen and oxygen atoms in total. The van der Waals surface area contributed by atoms with Gasteiger partial charge in [-0.25, -0.2) is 0 Å². The summed E-state index contributed by atoms with van der Waals surface area (Å²) in [5, 5.41) is 3.50. The highest BCUT2D eigenvalue weighted by Gasteiger charge is 2.49. The summed E-state index contributed by atoms with van der Waals surface area (Å²) < 4.78 is 0. The van der Waals surface area contributed by atoms with Gasteiger partial charge in [-0.15, -0.1) is 0 Å². The third-order valence-corrected chi connectivity index (χ3v) is 7.40. The molecule has 1 aromatic carbocycles. The number of hydrogen-bond acceptors (Lipinski definition) is 3. The van der Waals surface area contributed by atoms with E-state index in [4.69, 9.17) is 0 Å². The lowest BCUT2D eigenvalue weighted by Gasteiger charge is -2.47. The largest absolute Gasteiger partial charge is 0.334 e. The second-order valence-corrected chi connectivity index (χ2v) is 9.25. The molecule has 0 spiro atoms. The lowest BCUT2D eigenvalue weighted by molar-refractivity contribution is -0.139. The first-order valence-electron chi connectivity index (χ1n) is 11.1. The standard InChI is InChI=1S/C23H33N3O/c27-23(18-6-7-18)26(14-17-4-2-1-3-5-17)22-19-8-9-20(22)16-25(15-19)21-10-12-24-13-11-21/h1-5,18-22,24H,6-16H2/t19-,20+,22?. The zero-order valence-electron chi connectivity index (χ0n) is 16.4. The van der Waals surface area contributed by atoms with E-state index in [9.17, 15) is 4.79 Å². The number of amides is 1. The van der Waals surface area contributed by atoms with Crippen LogP contribution in [0, 0.1) is 17.8 Å². The van der Waals surface area contributed by atoms with Gasteiger partial charge in [-0.1, -0.05) is 30.3 Å². The van der Waals surface area contributed by atoms with E-state index in [0.717, 1.165) is 25.4 Å². The maximum absolute atomic E-state index is 13.2. The van der Waals surface area contributed by atoms with Gasteiger partial charge >= 0.3 is 0 Å². The van der Waals surface area contributed by atoms with Gasteiger partial charge in [0.25, 0.3) is 0 Å². The molecule has 1 amide bonds. The van der Waals surface area contributed by atoms with Crippen LogP contribution in [0.1, 0.15) is 44.1 Å². The summed E-state index contributed by atoms with van der Waals surface area (Å²) in [6.45, 7) is 5.55. The van der Waals surface area contributed by atoms with Crippen molar-refractivity contribution < 1.29 is 4.79 Å². The van der Waals surface area contributed by atoms with Crippen LogP contribution in [-0.4, -0.2) is 54.0 Å². The Morgan fingerprint density at radius 3 is 2.26 bits per heavy atom. The van der Waals surface area contributed by atoms with E-state index in [1.165, 1.54) is 57.4 Å². The molecule has 4 fully saturated rings. The second kappa shape index (κ2) is 7.56. The van der Waals surface area contributed by atoms with Gasteiger partial charge in [0.15, 0.2) is 0 Å². The lowest BCUT2D eigenvalue weighted by atomic mass is 9.87. The third kappa shape index (κ3) is 3.66. The third-order valence-electron chi connectivity index (χ3n) is 7.40. The van der Waals surface area contributed by atoms with Gasteiger partial charge in [-0.3, -0.25) is 9.69 Å². The zero-order valence-corrected chi connectivity index (χ0v) is 16.4. The Bertz CT molecular complexity index is 639. The first-order valence-corrected chi connectivity index (χ1v) is 11.1. The zero-order chi connectivity index (χ0) is 18.2. The molecular weight excluding hydrogens is 334 g/mol. The average molecular weight is 368 g/mol. The predicted octanol–water partition coefficient (Wildman–Crippen LogP) is 2.89. The Labute approximate surface area is 163 Å². The number of hydrogen-bond donors (Lipinski definition) is 1. The molecule has 4 heteroatoms. The molecule has 1 N–H and O–H groups in total. The summed E-state index contributed by atoms with van der Waals surface area (Å²) in [7, 11) is 0. The van der Waals surface area contributed by atoms with Gasteiger partial charge in [0, 0.05) is 37.6 Å². The maximum Gasteiger partial charge on any atom is 0.226 e.